The number of hydrogen-bond acceptors (Lipinski definition) is 6. The van der Waals surface area contributed by atoms with Gasteiger partial charge < -0.3 is 14.8 Å². The molecule has 0 spiro atoms. The molecule has 0 amide bonds. The van der Waals surface area contributed by atoms with Gasteiger partial charge in [-0.05, 0) is 60.0 Å². The zero-order valence-electron chi connectivity index (χ0n) is 20.0. The number of rotatable bonds is 8. The highest BCUT2D eigenvalue weighted by Gasteiger charge is 2.13. The number of ether oxygens (including phenoxy) is 2. The predicted molar refractivity (Wildman–Crippen MR) is 146 cm³/mol. The molecule has 2 heterocycles. The van der Waals surface area contributed by atoms with E-state index in [9.17, 15) is 0 Å². The number of para-hydroxylation sites is 1. The fourth-order valence-corrected chi connectivity index (χ4v) is 3.92. The van der Waals surface area contributed by atoms with Crippen LogP contribution in [-0.4, -0.2) is 15.0 Å². The standard InChI is InChI=1S/C29H25BrN4O2/c1-19(2)25-14-13-24-28(33-25)31-18-32-29(24)34-26-16-23(35-17-20-8-10-21(30)11-9-20)12-15-27(26)36-22-6-4-3-5-7-22/h3-16,18-19H,17H2,1-2H3,(H,31,32,33,34). The highest BCUT2D eigenvalue weighted by Crippen LogP contribution is 2.36. The van der Waals surface area contributed by atoms with Crippen LogP contribution in [-0.2, 0) is 6.61 Å². The fraction of sp³-hybridized carbons (Fsp3) is 0.138. The van der Waals surface area contributed by atoms with E-state index in [1.807, 2.05) is 84.9 Å². The molecule has 7 heteroatoms. The highest BCUT2D eigenvalue weighted by molar-refractivity contribution is 9.10. The Bertz CT molecular complexity index is 1470. The largest absolute Gasteiger partial charge is 0.489 e. The summed E-state index contributed by atoms with van der Waals surface area (Å²) in [6.07, 6.45) is 1.52. The summed E-state index contributed by atoms with van der Waals surface area (Å²) in [5, 5.41) is 4.26. The van der Waals surface area contributed by atoms with Crippen LogP contribution < -0.4 is 14.8 Å². The summed E-state index contributed by atoms with van der Waals surface area (Å²) >= 11 is 3.47. The van der Waals surface area contributed by atoms with Crippen LogP contribution in [0.15, 0.2) is 95.7 Å². The predicted octanol–water partition coefficient (Wildman–Crippen LogP) is 8.03. The second-order valence-corrected chi connectivity index (χ2v) is 9.51. The lowest BCUT2D eigenvalue weighted by atomic mass is 10.1. The number of halogens is 1. The Labute approximate surface area is 218 Å². The number of nitrogens with zero attached hydrogens (tertiary/aromatic N) is 3. The molecule has 0 unspecified atom stereocenters. The van der Waals surface area contributed by atoms with Crippen molar-refractivity contribution in [3.8, 4) is 17.2 Å². The Morgan fingerprint density at radius 1 is 0.861 bits per heavy atom. The van der Waals surface area contributed by atoms with Gasteiger partial charge in [0.05, 0.1) is 11.1 Å². The minimum Gasteiger partial charge on any atom is -0.489 e. The lowest BCUT2D eigenvalue weighted by Crippen LogP contribution is -2.02. The van der Waals surface area contributed by atoms with Crippen LogP contribution in [0.3, 0.4) is 0 Å². The lowest BCUT2D eigenvalue weighted by Gasteiger charge is -2.16. The molecule has 36 heavy (non-hydrogen) atoms. The molecule has 0 aliphatic carbocycles. The Morgan fingerprint density at radius 3 is 2.44 bits per heavy atom. The van der Waals surface area contributed by atoms with Crippen molar-refractivity contribution in [2.75, 3.05) is 5.32 Å². The van der Waals surface area contributed by atoms with Gasteiger partial charge in [0.1, 0.15) is 30.3 Å². The van der Waals surface area contributed by atoms with E-state index < -0.39 is 0 Å². The number of pyridine rings is 1. The zero-order valence-corrected chi connectivity index (χ0v) is 21.6. The molecule has 0 saturated carbocycles. The van der Waals surface area contributed by atoms with Crippen molar-refractivity contribution in [3.05, 3.63) is 107 Å². The third-order valence-electron chi connectivity index (χ3n) is 5.60. The molecule has 5 aromatic rings. The average Bonchev–Trinajstić information content (AvgIpc) is 2.90. The van der Waals surface area contributed by atoms with Crippen molar-refractivity contribution in [2.45, 2.75) is 26.4 Å². The maximum absolute atomic E-state index is 6.19. The monoisotopic (exact) mass is 540 g/mol. The minimum atomic E-state index is 0.311. The molecule has 5 rings (SSSR count). The van der Waals surface area contributed by atoms with Gasteiger partial charge in [-0.2, -0.15) is 0 Å². The van der Waals surface area contributed by atoms with Crippen molar-refractivity contribution in [1.29, 1.82) is 0 Å². The number of benzene rings is 3. The number of fused-ring (bicyclic) bond motifs is 1. The van der Waals surface area contributed by atoms with E-state index in [0.29, 0.717) is 35.5 Å². The summed E-state index contributed by atoms with van der Waals surface area (Å²) in [6, 6.07) is 27.5. The van der Waals surface area contributed by atoms with Gasteiger partial charge in [0.25, 0.3) is 0 Å². The van der Waals surface area contributed by atoms with E-state index in [-0.39, 0.29) is 0 Å². The maximum atomic E-state index is 6.19. The van der Waals surface area contributed by atoms with Crippen LogP contribution in [0.4, 0.5) is 11.5 Å². The lowest BCUT2D eigenvalue weighted by molar-refractivity contribution is 0.306. The van der Waals surface area contributed by atoms with Gasteiger partial charge in [-0.25, -0.2) is 15.0 Å². The summed E-state index contributed by atoms with van der Waals surface area (Å²) in [6.45, 7) is 4.67. The van der Waals surface area contributed by atoms with Crippen molar-refractivity contribution in [1.82, 2.24) is 15.0 Å². The Balaban J connectivity index is 1.47. The van der Waals surface area contributed by atoms with Gasteiger partial charge >= 0.3 is 0 Å². The fourth-order valence-electron chi connectivity index (χ4n) is 3.65. The van der Waals surface area contributed by atoms with Crippen LogP contribution in [0, 0.1) is 0 Å². The molecule has 0 aliphatic rings. The van der Waals surface area contributed by atoms with E-state index in [4.69, 9.17) is 14.5 Å². The summed E-state index contributed by atoms with van der Waals surface area (Å²) in [5.74, 6) is 3.05. The van der Waals surface area contributed by atoms with Gasteiger partial charge in [0, 0.05) is 16.2 Å². The van der Waals surface area contributed by atoms with E-state index in [1.54, 1.807) is 0 Å². The van der Waals surface area contributed by atoms with Gasteiger partial charge in [0.2, 0.25) is 0 Å². The Kier molecular flexibility index (Phi) is 7.09. The molecule has 3 aromatic carbocycles. The molecule has 0 fully saturated rings. The van der Waals surface area contributed by atoms with Gasteiger partial charge in [-0.3, -0.25) is 0 Å². The van der Waals surface area contributed by atoms with Gasteiger partial charge in [-0.15, -0.1) is 0 Å². The summed E-state index contributed by atoms with van der Waals surface area (Å²) in [7, 11) is 0. The van der Waals surface area contributed by atoms with Crippen molar-refractivity contribution >= 4 is 38.5 Å². The van der Waals surface area contributed by atoms with Crippen LogP contribution >= 0.6 is 15.9 Å². The molecule has 0 saturated heterocycles. The highest BCUT2D eigenvalue weighted by atomic mass is 79.9. The van der Waals surface area contributed by atoms with Gasteiger partial charge in [0.15, 0.2) is 11.4 Å². The van der Waals surface area contributed by atoms with E-state index in [0.717, 1.165) is 32.6 Å². The third kappa shape index (κ3) is 5.63. The zero-order chi connectivity index (χ0) is 24.9. The third-order valence-corrected chi connectivity index (χ3v) is 6.13. The van der Waals surface area contributed by atoms with Crippen molar-refractivity contribution in [3.63, 3.8) is 0 Å². The van der Waals surface area contributed by atoms with Crippen LogP contribution in [0.2, 0.25) is 0 Å². The first-order chi connectivity index (χ1) is 17.5. The molecular weight excluding hydrogens is 516 g/mol. The number of aromatic nitrogens is 3. The molecule has 0 radical (unpaired) electrons. The van der Waals surface area contributed by atoms with Crippen molar-refractivity contribution < 1.29 is 9.47 Å². The smallest absolute Gasteiger partial charge is 0.164 e. The number of hydrogen-bond donors (Lipinski definition) is 1. The van der Waals surface area contributed by atoms with Gasteiger partial charge in [-0.1, -0.05) is 60.1 Å². The minimum absolute atomic E-state index is 0.311. The quantitative estimate of drug-likeness (QED) is 0.215. The van der Waals surface area contributed by atoms with E-state index in [1.165, 1.54) is 6.33 Å². The summed E-state index contributed by atoms with van der Waals surface area (Å²) in [4.78, 5) is 13.6. The molecule has 0 bridgehead atoms. The second kappa shape index (κ2) is 10.7. The normalized spacial score (nSPS) is 11.0. The molecule has 0 atom stereocenters. The summed E-state index contributed by atoms with van der Waals surface area (Å²) < 4.78 is 13.3. The molecular formula is C29H25BrN4O2. The second-order valence-electron chi connectivity index (χ2n) is 8.60. The number of anilines is 2. The average molecular weight is 541 g/mol. The first kappa shape index (κ1) is 23.8. The molecule has 180 valence electrons. The summed E-state index contributed by atoms with van der Waals surface area (Å²) in [5.41, 5.74) is 3.43. The molecule has 1 N–H and O–H groups in total. The molecule has 2 aromatic heterocycles. The maximum Gasteiger partial charge on any atom is 0.164 e. The van der Waals surface area contributed by atoms with E-state index >= 15 is 0 Å². The molecule has 0 aliphatic heterocycles. The first-order valence-corrected chi connectivity index (χ1v) is 12.5. The first-order valence-electron chi connectivity index (χ1n) is 11.7. The van der Waals surface area contributed by atoms with Crippen LogP contribution in [0.1, 0.15) is 31.0 Å². The SMILES string of the molecule is CC(C)c1ccc2c(Nc3cc(OCc4ccc(Br)cc4)ccc3Oc3ccccc3)ncnc2n1. The van der Waals surface area contributed by atoms with Crippen LogP contribution in [0.5, 0.6) is 17.2 Å². The number of nitrogens with one attached hydrogen (secondary N) is 1. The molecule has 6 nitrogen and oxygen atoms in total. The topological polar surface area (TPSA) is 69.2 Å². The van der Waals surface area contributed by atoms with E-state index in [2.05, 4.69) is 45.1 Å². The van der Waals surface area contributed by atoms with Crippen molar-refractivity contribution in [2.24, 2.45) is 0 Å². The Morgan fingerprint density at radius 2 is 1.67 bits per heavy atom. The Hall–Kier alpha value is -3.97. The van der Waals surface area contributed by atoms with Crippen LogP contribution in [0.25, 0.3) is 11.0 Å².